The molecule has 0 aliphatic rings. The smallest absolute Gasteiger partial charge is 0.340 e. The first-order valence-corrected chi connectivity index (χ1v) is 7.04. The summed E-state index contributed by atoms with van der Waals surface area (Å²) >= 11 is 3.27. The highest BCUT2D eigenvalue weighted by Crippen LogP contribution is 2.22. The van der Waals surface area contributed by atoms with Gasteiger partial charge in [-0.2, -0.15) is 5.26 Å². The minimum Gasteiger partial charge on any atom is -0.465 e. The molecule has 0 bridgehead atoms. The number of nitrogens with one attached hydrogen (secondary N) is 1. The van der Waals surface area contributed by atoms with Gasteiger partial charge in [0.2, 0.25) is 0 Å². The van der Waals surface area contributed by atoms with Gasteiger partial charge in [-0.05, 0) is 42.5 Å². The van der Waals surface area contributed by atoms with Gasteiger partial charge < -0.3 is 10.1 Å². The third-order valence-corrected chi connectivity index (χ3v) is 3.40. The number of nitriles is 1. The summed E-state index contributed by atoms with van der Waals surface area (Å²) in [5, 5.41) is 11.4. The lowest BCUT2D eigenvalue weighted by Gasteiger charge is -2.10. The SMILES string of the molecule is COC(=O)c1cc(Br)ccc1NC(=O)c1ccc(C#N)cc1. The van der Waals surface area contributed by atoms with E-state index in [1.165, 1.54) is 7.11 Å². The number of benzene rings is 2. The third-order valence-electron chi connectivity index (χ3n) is 2.91. The molecule has 0 radical (unpaired) electrons. The number of hydrogen-bond acceptors (Lipinski definition) is 4. The summed E-state index contributed by atoms with van der Waals surface area (Å²) in [4.78, 5) is 24.0. The Balaban J connectivity index is 2.28. The zero-order chi connectivity index (χ0) is 16.1. The molecule has 0 heterocycles. The van der Waals surface area contributed by atoms with Gasteiger partial charge in [0.1, 0.15) is 0 Å². The summed E-state index contributed by atoms with van der Waals surface area (Å²) in [6, 6.07) is 13.1. The van der Waals surface area contributed by atoms with E-state index >= 15 is 0 Å². The maximum absolute atomic E-state index is 12.2. The number of ether oxygens (including phenoxy) is 1. The van der Waals surface area contributed by atoms with E-state index in [0.29, 0.717) is 21.3 Å². The fourth-order valence-electron chi connectivity index (χ4n) is 1.79. The molecule has 5 nitrogen and oxygen atoms in total. The first-order chi connectivity index (χ1) is 10.5. The zero-order valence-corrected chi connectivity index (χ0v) is 13.2. The van der Waals surface area contributed by atoms with Gasteiger partial charge >= 0.3 is 5.97 Å². The Kier molecular flexibility index (Phi) is 4.92. The molecule has 2 aromatic carbocycles. The predicted molar refractivity (Wildman–Crippen MR) is 84.6 cm³/mol. The summed E-state index contributed by atoms with van der Waals surface area (Å²) in [6.07, 6.45) is 0. The van der Waals surface area contributed by atoms with Gasteiger partial charge in [0, 0.05) is 10.0 Å². The quantitative estimate of drug-likeness (QED) is 0.853. The molecule has 6 heteroatoms. The topological polar surface area (TPSA) is 79.2 Å². The maximum atomic E-state index is 12.2. The van der Waals surface area contributed by atoms with Crippen LogP contribution in [0.1, 0.15) is 26.3 Å². The van der Waals surface area contributed by atoms with Crippen LogP contribution in [0.2, 0.25) is 0 Å². The second-order valence-electron chi connectivity index (χ2n) is 4.32. The van der Waals surface area contributed by atoms with Crippen molar-refractivity contribution in [3.05, 3.63) is 63.6 Å². The second-order valence-corrected chi connectivity index (χ2v) is 5.24. The molecule has 0 unspecified atom stereocenters. The Morgan fingerprint density at radius 3 is 2.45 bits per heavy atom. The average molecular weight is 359 g/mol. The summed E-state index contributed by atoms with van der Waals surface area (Å²) in [5.41, 5.74) is 1.46. The van der Waals surface area contributed by atoms with Crippen LogP contribution in [0.25, 0.3) is 0 Å². The van der Waals surface area contributed by atoms with Crippen LogP contribution in [0.5, 0.6) is 0 Å². The van der Waals surface area contributed by atoms with Crippen molar-refractivity contribution in [2.45, 2.75) is 0 Å². The normalized spacial score (nSPS) is 9.68. The second kappa shape index (κ2) is 6.87. The molecule has 0 spiro atoms. The van der Waals surface area contributed by atoms with Crippen LogP contribution in [0, 0.1) is 11.3 Å². The highest BCUT2D eigenvalue weighted by Gasteiger charge is 2.15. The number of rotatable bonds is 3. The molecule has 110 valence electrons. The van der Waals surface area contributed by atoms with Gasteiger partial charge in [0.05, 0.1) is 30.0 Å². The molecular formula is C16H11BrN2O3. The molecule has 0 aromatic heterocycles. The van der Waals surface area contributed by atoms with Crippen LogP contribution in [0.3, 0.4) is 0 Å². The van der Waals surface area contributed by atoms with Crippen LogP contribution >= 0.6 is 15.9 Å². The number of carbonyl (C=O) groups excluding carboxylic acids is 2. The van der Waals surface area contributed by atoms with Crippen LogP contribution in [0.4, 0.5) is 5.69 Å². The van der Waals surface area contributed by atoms with Gasteiger partial charge in [-0.3, -0.25) is 4.79 Å². The molecule has 1 N–H and O–H groups in total. The average Bonchev–Trinajstić information content (AvgIpc) is 2.55. The minimum atomic E-state index is -0.545. The summed E-state index contributed by atoms with van der Waals surface area (Å²) in [7, 11) is 1.27. The van der Waals surface area contributed by atoms with Crippen LogP contribution in [0.15, 0.2) is 46.9 Å². The lowest BCUT2D eigenvalue weighted by Crippen LogP contribution is -2.15. The van der Waals surface area contributed by atoms with E-state index in [0.717, 1.165) is 0 Å². The highest BCUT2D eigenvalue weighted by molar-refractivity contribution is 9.10. The molecule has 0 saturated heterocycles. The Morgan fingerprint density at radius 2 is 1.86 bits per heavy atom. The molecule has 0 saturated carbocycles. The Hall–Kier alpha value is -2.65. The number of carbonyl (C=O) groups is 2. The molecule has 0 aliphatic carbocycles. The molecule has 0 atom stereocenters. The van der Waals surface area contributed by atoms with Crippen LogP contribution < -0.4 is 5.32 Å². The van der Waals surface area contributed by atoms with Crippen LogP contribution in [-0.2, 0) is 4.74 Å². The van der Waals surface area contributed by atoms with E-state index in [1.807, 2.05) is 6.07 Å². The van der Waals surface area contributed by atoms with Gasteiger partial charge in [-0.15, -0.1) is 0 Å². The van der Waals surface area contributed by atoms with Crippen molar-refractivity contribution >= 4 is 33.5 Å². The molecule has 2 aromatic rings. The summed E-state index contributed by atoms with van der Waals surface area (Å²) < 4.78 is 5.40. The molecule has 0 fully saturated rings. The predicted octanol–water partition coefficient (Wildman–Crippen LogP) is 3.36. The van der Waals surface area contributed by atoms with Gasteiger partial charge in [0.15, 0.2) is 0 Å². The van der Waals surface area contributed by atoms with Crippen molar-refractivity contribution in [1.29, 1.82) is 5.26 Å². The molecule has 1 amide bonds. The van der Waals surface area contributed by atoms with Crippen molar-refractivity contribution in [3.63, 3.8) is 0 Å². The molecule has 22 heavy (non-hydrogen) atoms. The van der Waals surface area contributed by atoms with Gasteiger partial charge in [-0.1, -0.05) is 15.9 Å². The van der Waals surface area contributed by atoms with E-state index in [1.54, 1.807) is 42.5 Å². The fourth-order valence-corrected chi connectivity index (χ4v) is 2.16. The first kappa shape index (κ1) is 15.7. The summed E-state index contributed by atoms with van der Waals surface area (Å²) in [5.74, 6) is -0.923. The maximum Gasteiger partial charge on any atom is 0.340 e. The standard InChI is InChI=1S/C16H11BrN2O3/c1-22-16(21)13-8-12(17)6-7-14(13)19-15(20)11-4-2-10(9-18)3-5-11/h2-8H,1H3,(H,19,20). The van der Waals surface area contributed by atoms with Crippen molar-refractivity contribution in [2.24, 2.45) is 0 Å². The van der Waals surface area contributed by atoms with Crippen LogP contribution in [-0.4, -0.2) is 19.0 Å². The number of esters is 1. The number of halogens is 1. The number of anilines is 1. The highest BCUT2D eigenvalue weighted by atomic mass is 79.9. The van der Waals surface area contributed by atoms with E-state index in [-0.39, 0.29) is 11.5 Å². The molecule has 0 aliphatic heterocycles. The zero-order valence-electron chi connectivity index (χ0n) is 11.6. The van der Waals surface area contributed by atoms with E-state index in [2.05, 4.69) is 21.2 Å². The van der Waals surface area contributed by atoms with E-state index < -0.39 is 5.97 Å². The summed E-state index contributed by atoms with van der Waals surface area (Å²) in [6.45, 7) is 0. The largest absolute Gasteiger partial charge is 0.465 e. The first-order valence-electron chi connectivity index (χ1n) is 6.24. The van der Waals surface area contributed by atoms with E-state index in [9.17, 15) is 9.59 Å². The molecule has 2 rings (SSSR count). The lowest BCUT2D eigenvalue weighted by atomic mass is 10.1. The minimum absolute atomic E-state index is 0.249. The van der Waals surface area contributed by atoms with Crippen molar-refractivity contribution in [3.8, 4) is 6.07 Å². The monoisotopic (exact) mass is 358 g/mol. The molecular weight excluding hydrogens is 348 g/mol. The number of nitrogens with zero attached hydrogens (tertiary/aromatic N) is 1. The van der Waals surface area contributed by atoms with Crippen molar-refractivity contribution in [2.75, 3.05) is 12.4 Å². The Labute approximate surface area is 135 Å². The lowest BCUT2D eigenvalue weighted by molar-refractivity contribution is 0.0602. The number of amides is 1. The third kappa shape index (κ3) is 3.51. The number of methoxy groups -OCH3 is 1. The van der Waals surface area contributed by atoms with Gasteiger partial charge in [0.25, 0.3) is 5.91 Å². The number of hydrogen-bond donors (Lipinski definition) is 1. The van der Waals surface area contributed by atoms with Crippen molar-refractivity contribution < 1.29 is 14.3 Å². The Bertz CT molecular complexity index is 764. The van der Waals surface area contributed by atoms with Crippen molar-refractivity contribution in [1.82, 2.24) is 0 Å². The Morgan fingerprint density at radius 1 is 1.18 bits per heavy atom. The van der Waals surface area contributed by atoms with Gasteiger partial charge in [-0.25, -0.2) is 4.79 Å². The fraction of sp³-hybridized carbons (Fsp3) is 0.0625. The van der Waals surface area contributed by atoms with E-state index in [4.69, 9.17) is 10.00 Å².